The van der Waals surface area contributed by atoms with E-state index in [0.29, 0.717) is 26.2 Å². The molecule has 1 N–H and O–H groups in total. The SMILES string of the molecule is Cl.Cl.O=C([C@H]1CNCCO1)N1CCN(CC(F)(F)F)CC1. The molecular weight excluding hydrogens is 334 g/mol. The van der Waals surface area contributed by atoms with E-state index in [0.717, 1.165) is 6.54 Å². The second-order valence-corrected chi connectivity index (χ2v) is 4.78. The maximum atomic E-state index is 12.2. The molecule has 0 aromatic heterocycles. The first-order valence-electron chi connectivity index (χ1n) is 6.36. The van der Waals surface area contributed by atoms with Gasteiger partial charge in [-0.15, -0.1) is 24.8 Å². The minimum absolute atomic E-state index is 0. The Hall–Kier alpha value is -0.280. The lowest BCUT2D eigenvalue weighted by molar-refractivity contribution is -0.156. The van der Waals surface area contributed by atoms with Crippen molar-refractivity contribution in [1.82, 2.24) is 15.1 Å². The zero-order valence-corrected chi connectivity index (χ0v) is 13.0. The molecule has 1 amide bonds. The Morgan fingerprint density at radius 2 is 1.81 bits per heavy atom. The number of nitrogens with one attached hydrogen (secondary N) is 1. The van der Waals surface area contributed by atoms with E-state index in [4.69, 9.17) is 4.74 Å². The topological polar surface area (TPSA) is 44.8 Å². The van der Waals surface area contributed by atoms with Crippen LogP contribution in [-0.4, -0.2) is 80.4 Å². The third-order valence-electron chi connectivity index (χ3n) is 3.29. The number of ether oxygens (including phenoxy) is 1. The summed E-state index contributed by atoms with van der Waals surface area (Å²) in [7, 11) is 0. The molecule has 0 bridgehead atoms. The molecule has 21 heavy (non-hydrogen) atoms. The van der Waals surface area contributed by atoms with Gasteiger partial charge in [0.1, 0.15) is 6.10 Å². The maximum absolute atomic E-state index is 12.2. The summed E-state index contributed by atoms with van der Waals surface area (Å²) < 4.78 is 42.1. The summed E-state index contributed by atoms with van der Waals surface area (Å²) in [5.74, 6) is -0.126. The smallest absolute Gasteiger partial charge is 0.366 e. The summed E-state index contributed by atoms with van der Waals surface area (Å²) in [6, 6.07) is 0. The minimum Gasteiger partial charge on any atom is -0.366 e. The first kappa shape index (κ1) is 20.7. The number of carbonyl (C=O) groups excluding carboxylic acids is 1. The zero-order valence-electron chi connectivity index (χ0n) is 11.4. The minimum atomic E-state index is -4.18. The van der Waals surface area contributed by atoms with Crippen LogP contribution >= 0.6 is 24.8 Å². The van der Waals surface area contributed by atoms with Gasteiger partial charge in [-0.2, -0.15) is 13.2 Å². The molecule has 0 saturated carbocycles. The van der Waals surface area contributed by atoms with Crippen LogP contribution in [0.5, 0.6) is 0 Å². The van der Waals surface area contributed by atoms with Crippen molar-refractivity contribution in [2.24, 2.45) is 0 Å². The van der Waals surface area contributed by atoms with Crippen LogP contribution in [0.1, 0.15) is 0 Å². The van der Waals surface area contributed by atoms with Gasteiger partial charge in [0.25, 0.3) is 5.91 Å². The van der Waals surface area contributed by atoms with Gasteiger partial charge in [0.05, 0.1) is 13.2 Å². The number of rotatable bonds is 2. The second kappa shape index (κ2) is 8.99. The number of carbonyl (C=O) groups is 1. The molecule has 0 unspecified atom stereocenters. The van der Waals surface area contributed by atoms with Gasteiger partial charge >= 0.3 is 6.18 Å². The zero-order chi connectivity index (χ0) is 13.9. The van der Waals surface area contributed by atoms with Crippen LogP contribution in [-0.2, 0) is 9.53 Å². The second-order valence-electron chi connectivity index (χ2n) is 4.78. The fourth-order valence-electron chi connectivity index (χ4n) is 2.31. The molecular formula is C11H20Cl2F3N3O2. The lowest BCUT2D eigenvalue weighted by atomic mass is 10.2. The Kier molecular flexibility index (Phi) is 8.87. The monoisotopic (exact) mass is 353 g/mol. The lowest BCUT2D eigenvalue weighted by Gasteiger charge is -2.37. The number of alkyl halides is 3. The van der Waals surface area contributed by atoms with E-state index in [2.05, 4.69) is 5.32 Å². The van der Waals surface area contributed by atoms with E-state index in [1.54, 1.807) is 4.90 Å². The molecule has 0 spiro atoms. The van der Waals surface area contributed by atoms with E-state index in [9.17, 15) is 18.0 Å². The Morgan fingerprint density at radius 3 is 2.29 bits per heavy atom. The molecule has 2 fully saturated rings. The van der Waals surface area contributed by atoms with Crippen LogP contribution in [0.15, 0.2) is 0 Å². The number of hydrogen-bond donors (Lipinski definition) is 1. The fraction of sp³-hybridized carbons (Fsp3) is 0.909. The van der Waals surface area contributed by atoms with Gasteiger partial charge in [-0.25, -0.2) is 0 Å². The maximum Gasteiger partial charge on any atom is 0.401 e. The molecule has 0 radical (unpaired) electrons. The van der Waals surface area contributed by atoms with Crippen molar-refractivity contribution < 1.29 is 22.7 Å². The van der Waals surface area contributed by atoms with Crippen LogP contribution in [0, 0.1) is 0 Å². The highest BCUT2D eigenvalue weighted by atomic mass is 35.5. The predicted molar refractivity (Wildman–Crippen MR) is 76.2 cm³/mol. The molecule has 2 saturated heterocycles. The summed E-state index contributed by atoms with van der Waals surface area (Å²) in [5.41, 5.74) is 0. The summed E-state index contributed by atoms with van der Waals surface area (Å²) in [5, 5.41) is 3.06. The van der Waals surface area contributed by atoms with Crippen LogP contribution in [0.25, 0.3) is 0 Å². The van der Waals surface area contributed by atoms with Gasteiger partial charge in [-0.05, 0) is 0 Å². The molecule has 5 nitrogen and oxygen atoms in total. The first-order chi connectivity index (χ1) is 8.96. The van der Waals surface area contributed by atoms with Gasteiger partial charge in [0.15, 0.2) is 0 Å². The Balaban J connectivity index is 0.00000200. The molecule has 0 aromatic rings. The van der Waals surface area contributed by atoms with E-state index in [1.165, 1.54) is 4.90 Å². The highest BCUT2D eigenvalue weighted by molar-refractivity contribution is 5.85. The van der Waals surface area contributed by atoms with Crippen LogP contribution in [0.2, 0.25) is 0 Å². The summed E-state index contributed by atoms with van der Waals surface area (Å²) in [6.45, 7) is 1.95. The highest BCUT2D eigenvalue weighted by Crippen LogP contribution is 2.17. The van der Waals surface area contributed by atoms with E-state index in [1.807, 2.05) is 0 Å². The van der Waals surface area contributed by atoms with Crippen molar-refractivity contribution in [2.75, 3.05) is 52.4 Å². The number of nitrogens with zero attached hydrogens (tertiary/aromatic N) is 2. The third kappa shape index (κ3) is 6.56. The molecule has 0 aromatic carbocycles. The van der Waals surface area contributed by atoms with Crippen LogP contribution < -0.4 is 5.32 Å². The average Bonchev–Trinajstić information content (AvgIpc) is 2.38. The van der Waals surface area contributed by atoms with Crippen molar-refractivity contribution in [3.8, 4) is 0 Å². The third-order valence-corrected chi connectivity index (χ3v) is 3.29. The van der Waals surface area contributed by atoms with Gasteiger partial charge in [0.2, 0.25) is 0 Å². The number of morpholine rings is 1. The van der Waals surface area contributed by atoms with Gasteiger partial charge < -0.3 is 15.0 Å². The van der Waals surface area contributed by atoms with Crippen LogP contribution in [0.3, 0.4) is 0 Å². The Morgan fingerprint density at radius 1 is 1.19 bits per heavy atom. The summed E-state index contributed by atoms with van der Waals surface area (Å²) in [6.07, 6.45) is -4.68. The number of piperazine rings is 1. The normalized spacial score (nSPS) is 24.0. The molecule has 0 aliphatic carbocycles. The van der Waals surface area contributed by atoms with E-state index >= 15 is 0 Å². The Labute approximate surface area is 134 Å². The van der Waals surface area contributed by atoms with Gasteiger partial charge in [0, 0.05) is 39.3 Å². The Bertz CT molecular complexity index is 320. The summed E-state index contributed by atoms with van der Waals surface area (Å²) >= 11 is 0. The first-order valence-corrected chi connectivity index (χ1v) is 6.36. The van der Waals surface area contributed by atoms with E-state index < -0.39 is 18.8 Å². The number of halogens is 5. The number of hydrogen-bond acceptors (Lipinski definition) is 4. The molecule has 2 heterocycles. The largest absolute Gasteiger partial charge is 0.401 e. The van der Waals surface area contributed by atoms with Crippen molar-refractivity contribution >= 4 is 30.7 Å². The van der Waals surface area contributed by atoms with Crippen molar-refractivity contribution in [3.05, 3.63) is 0 Å². The van der Waals surface area contributed by atoms with Crippen LogP contribution in [0.4, 0.5) is 13.2 Å². The molecule has 1 atom stereocenters. The van der Waals surface area contributed by atoms with Crippen molar-refractivity contribution in [3.63, 3.8) is 0 Å². The van der Waals surface area contributed by atoms with Crippen molar-refractivity contribution in [2.45, 2.75) is 12.3 Å². The predicted octanol–water partition coefficient (Wildman–Crippen LogP) is 0.525. The standard InChI is InChI=1S/C11H18F3N3O2.2ClH/c12-11(13,14)8-16-2-4-17(5-3-16)10(18)9-7-15-1-6-19-9;;/h9,15H,1-8H2;2*1H/t9-;;/m1../s1. The molecule has 126 valence electrons. The average molecular weight is 354 g/mol. The molecule has 10 heteroatoms. The molecule has 2 aliphatic rings. The molecule has 2 aliphatic heterocycles. The van der Waals surface area contributed by atoms with E-state index in [-0.39, 0.29) is 43.8 Å². The summed E-state index contributed by atoms with van der Waals surface area (Å²) in [4.78, 5) is 15.0. The lowest BCUT2D eigenvalue weighted by Crippen LogP contribution is -2.56. The van der Waals surface area contributed by atoms with Gasteiger partial charge in [-0.3, -0.25) is 9.69 Å². The highest BCUT2D eigenvalue weighted by Gasteiger charge is 2.34. The van der Waals surface area contributed by atoms with Gasteiger partial charge in [-0.1, -0.05) is 0 Å². The number of amides is 1. The quantitative estimate of drug-likeness (QED) is 0.786. The fourth-order valence-corrected chi connectivity index (χ4v) is 2.31. The van der Waals surface area contributed by atoms with Crippen molar-refractivity contribution in [1.29, 1.82) is 0 Å². The molecule has 2 rings (SSSR count).